The Morgan fingerprint density at radius 1 is 0.439 bits per heavy atom. The van der Waals surface area contributed by atoms with Crippen molar-refractivity contribution >= 4 is 5.91 Å². The van der Waals surface area contributed by atoms with Crippen LogP contribution < -0.4 is 5.32 Å². The summed E-state index contributed by atoms with van der Waals surface area (Å²) < 4.78 is 0. The predicted octanol–water partition coefficient (Wildman–Crippen LogP) is 14.9. The Morgan fingerprint density at radius 2 is 0.754 bits per heavy atom. The van der Waals surface area contributed by atoms with Crippen molar-refractivity contribution < 1.29 is 20.1 Å². The van der Waals surface area contributed by atoms with Crippen LogP contribution in [0.25, 0.3) is 0 Å². The number of hydrogen-bond donors (Lipinski definition) is 4. The molecule has 5 nitrogen and oxygen atoms in total. The maximum absolute atomic E-state index is 12.5. The van der Waals surface area contributed by atoms with Crippen molar-refractivity contribution in [2.45, 2.75) is 270 Å². The Morgan fingerprint density at radius 3 is 1.12 bits per heavy atom. The molecule has 0 heterocycles. The van der Waals surface area contributed by atoms with Crippen molar-refractivity contribution in [3.05, 3.63) is 48.6 Å². The summed E-state index contributed by atoms with van der Waals surface area (Å²) in [5.41, 5.74) is 0. The SMILES string of the molecule is CCCCCCCCCC/C=C/CC/C=C/CC/C=C/C(O)C(CO)NC(=O)CC(O)CCCCCCCCCC/C=C\CCCCCCCCCCCCCC. The van der Waals surface area contributed by atoms with Gasteiger partial charge < -0.3 is 20.6 Å². The van der Waals surface area contributed by atoms with E-state index in [1.807, 2.05) is 6.08 Å². The number of carbonyl (C=O) groups excluding carboxylic acids is 1. The lowest BCUT2D eigenvalue weighted by Crippen LogP contribution is -2.45. The smallest absolute Gasteiger partial charge is 0.222 e. The minimum Gasteiger partial charge on any atom is -0.394 e. The summed E-state index contributed by atoms with van der Waals surface area (Å²) in [4.78, 5) is 12.5. The maximum atomic E-state index is 12.5. The van der Waals surface area contributed by atoms with Gasteiger partial charge in [-0.15, -0.1) is 0 Å². The predicted molar refractivity (Wildman–Crippen MR) is 250 cm³/mol. The van der Waals surface area contributed by atoms with E-state index in [2.05, 4.69) is 55.6 Å². The highest BCUT2D eigenvalue weighted by atomic mass is 16.3. The summed E-state index contributed by atoms with van der Waals surface area (Å²) in [6, 6.07) is -0.769. The number of rotatable bonds is 45. The summed E-state index contributed by atoms with van der Waals surface area (Å²) in [5, 5.41) is 33.3. The first kappa shape index (κ1) is 55.3. The summed E-state index contributed by atoms with van der Waals surface area (Å²) in [6.07, 6.45) is 61.3. The van der Waals surface area contributed by atoms with Crippen molar-refractivity contribution in [2.75, 3.05) is 6.61 Å². The fourth-order valence-electron chi connectivity index (χ4n) is 7.48. The molecule has 3 atom stereocenters. The van der Waals surface area contributed by atoms with Gasteiger partial charge in [-0.1, -0.05) is 223 Å². The second-order valence-corrected chi connectivity index (χ2v) is 17.0. The van der Waals surface area contributed by atoms with Gasteiger partial charge in [-0.05, 0) is 70.6 Å². The molecule has 57 heavy (non-hydrogen) atoms. The zero-order chi connectivity index (χ0) is 41.5. The monoisotopic (exact) mass is 800 g/mol. The molecule has 334 valence electrons. The molecule has 0 aliphatic rings. The lowest BCUT2D eigenvalue weighted by atomic mass is 10.0. The minimum absolute atomic E-state index is 0.0000847. The third-order valence-corrected chi connectivity index (χ3v) is 11.3. The average Bonchev–Trinajstić information content (AvgIpc) is 3.20. The molecule has 0 aliphatic heterocycles. The highest BCUT2D eigenvalue weighted by molar-refractivity contribution is 5.76. The molecule has 5 heteroatoms. The van der Waals surface area contributed by atoms with Crippen LogP contribution in [-0.2, 0) is 4.79 Å². The molecule has 0 bridgehead atoms. The van der Waals surface area contributed by atoms with Crippen LogP contribution in [0, 0.1) is 0 Å². The average molecular weight is 800 g/mol. The molecule has 0 aromatic carbocycles. The Bertz CT molecular complexity index is 927. The number of nitrogens with one attached hydrogen (secondary N) is 1. The maximum Gasteiger partial charge on any atom is 0.222 e. The number of allylic oxidation sites excluding steroid dienone is 7. The van der Waals surface area contributed by atoms with Crippen LogP contribution in [0.5, 0.6) is 0 Å². The van der Waals surface area contributed by atoms with Gasteiger partial charge in [-0.25, -0.2) is 0 Å². The molecule has 0 rings (SSSR count). The van der Waals surface area contributed by atoms with Gasteiger partial charge in [0.25, 0.3) is 0 Å². The van der Waals surface area contributed by atoms with Gasteiger partial charge in [0.2, 0.25) is 5.91 Å². The lowest BCUT2D eigenvalue weighted by molar-refractivity contribution is -0.124. The van der Waals surface area contributed by atoms with Crippen LogP contribution in [0.3, 0.4) is 0 Å². The van der Waals surface area contributed by atoms with Gasteiger partial charge in [-0.3, -0.25) is 4.79 Å². The molecular formula is C52H97NO4. The number of unbranched alkanes of at least 4 members (excludes halogenated alkanes) is 30. The summed E-state index contributed by atoms with van der Waals surface area (Å²) >= 11 is 0. The standard InChI is InChI=1S/C52H97NO4/c1-3-5-7-9-11-13-15-17-19-21-23-24-25-26-27-28-29-31-33-35-37-39-41-43-45-49(55)47-52(57)53-50(48-54)51(56)46-44-42-40-38-36-34-32-30-22-20-18-16-14-12-10-8-6-4-2/h22,26-27,30,36,38,44,46,49-51,54-56H,3-21,23-25,28-29,31-35,37,39-43,45,47-48H2,1-2H3,(H,53,57)/b27-26-,30-22+,38-36+,46-44+. The normalized spacial score (nSPS) is 13.8. The van der Waals surface area contributed by atoms with E-state index in [1.54, 1.807) is 6.08 Å². The van der Waals surface area contributed by atoms with E-state index in [0.29, 0.717) is 6.42 Å². The number of carbonyl (C=O) groups is 1. The zero-order valence-corrected chi connectivity index (χ0v) is 38.0. The second kappa shape index (κ2) is 47.0. The lowest BCUT2D eigenvalue weighted by Gasteiger charge is -2.21. The van der Waals surface area contributed by atoms with E-state index in [-0.39, 0.29) is 18.9 Å². The van der Waals surface area contributed by atoms with Gasteiger partial charge in [0.05, 0.1) is 31.3 Å². The number of aliphatic hydroxyl groups excluding tert-OH is 3. The zero-order valence-electron chi connectivity index (χ0n) is 38.0. The highest BCUT2D eigenvalue weighted by Crippen LogP contribution is 2.15. The van der Waals surface area contributed by atoms with E-state index < -0.39 is 18.2 Å². The Kier molecular flexibility index (Phi) is 45.6. The molecule has 3 unspecified atom stereocenters. The van der Waals surface area contributed by atoms with E-state index in [0.717, 1.165) is 38.5 Å². The molecule has 0 aliphatic carbocycles. The molecule has 1 amide bonds. The van der Waals surface area contributed by atoms with Crippen LogP contribution in [0.15, 0.2) is 48.6 Å². The third kappa shape index (κ3) is 43.7. The van der Waals surface area contributed by atoms with Crippen LogP contribution in [-0.4, -0.2) is 46.1 Å². The molecule has 0 spiro atoms. The molecule has 0 radical (unpaired) electrons. The third-order valence-electron chi connectivity index (χ3n) is 11.3. The highest BCUT2D eigenvalue weighted by Gasteiger charge is 2.20. The Labute approximate surface area is 355 Å². The van der Waals surface area contributed by atoms with Crippen LogP contribution >= 0.6 is 0 Å². The van der Waals surface area contributed by atoms with E-state index in [9.17, 15) is 20.1 Å². The van der Waals surface area contributed by atoms with Gasteiger partial charge >= 0.3 is 0 Å². The van der Waals surface area contributed by atoms with Gasteiger partial charge in [-0.2, -0.15) is 0 Å². The molecule has 0 saturated heterocycles. The van der Waals surface area contributed by atoms with Gasteiger partial charge in [0.1, 0.15) is 0 Å². The second-order valence-electron chi connectivity index (χ2n) is 17.0. The molecule has 0 fully saturated rings. The number of hydrogen-bond acceptors (Lipinski definition) is 4. The van der Waals surface area contributed by atoms with Crippen molar-refractivity contribution in [1.82, 2.24) is 5.32 Å². The largest absolute Gasteiger partial charge is 0.394 e. The number of aliphatic hydroxyl groups is 3. The molecule has 0 aromatic heterocycles. The van der Waals surface area contributed by atoms with E-state index in [4.69, 9.17) is 0 Å². The van der Waals surface area contributed by atoms with Crippen molar-refractivity contribution in [3.63, 3.8) is 0 Å². The first-order valence-electron chi connectivity index (χ1n) is 24.9. The molecule has 0 aromatic rings. The quantitative estimate of drug-likeness (QED) is 0.0365. The first-order chi connectivity index (χ1) is 28.0. The van der Waals surface area contributed by atoms with Crippen LogP contribution in [0.1, 0.15) is 251 Å². The van der Waals surface area contributed by atoms with Crippen molar-refractivity contribution in [1.29, 1.82) is 0 Å². The van der Waals surface area contributed by atoms with Crippen molar-refractivity contribution in [2.24, 2.45) is 0 Å². The number of amides is 1. The first-order valence-corrected chi connectivity index (χ1v) is 24.9. The van der Waals surface area contributed by atoms with Gasteiger partial charge in [0.15, 0.2) is 0 Å². The minimum atomic E-state index is -0.961. The van der Waals surface area contributed by atoms with Crippen LogP contribution in [0.4, 0.5) is 0 Å². The summed E-state index contributed by atoms with van der Waals surface area (Å²) in [5.74, 6) is -0.331. The van der Waals surface area contributed by atoms with Crippen LogP contribution in [0.2, 0.25) is 0 Å². The molecule has 4 N–H and O–H groups in total. The Balaban J connectivity index is 3.67. The summed E-state index contributed by atoms with van der Waals surface area (Å²) in [7, 11) is 0. The van der Waals surface area contributed by atoms with Gasteiger partial charge in [0, 0.05) is 0 Å². The fraction of sp³-hybridized carbons (Fsp3) is 0.827. The topological polar surface area (TPSA) is 89.8 Å². The fourth-order valence-corrected chi connectivity index (χ4v) is 7.48. The van der Waals surface area contributed by atoms with Crippen molar-refractivity contribution in [3.8, 4) is 0 Å². The Hall–Kier alpha value is -1.69. The van der Waals surface area contributed by atoms with E-state index in [1.165, 1.54) is 186 Å². The summed E-state index contributed by atoms with van der Waals surface area (Å²) in [6.45, 7) is 4.21. The van der Waals surface area contributed by atoms with E-state index >= 15 is 0 Å². The molecular weight excluding hydrogens is 703 g/mol. The molecule has 0 saturated carbocycles.